The fraction of sp³-hybridized carbons (Fsp3) is 0.500. The van der Waals surface area contributed by atoms with Crippen molar-refractivity contribution in [1.29, 1.82) is 0 Å². The predicted octanol–water partition coefficient (Wildman–Crippen LogP) is 4.55. The summed E-state index contributed by atoms with van der Waals surface area (Å²) in [4.78, 5) is 10.4. The normalized spacial score (nSPS) is 18.6. The highest BCUT2D eigenvalue weighted by Gasteiger charge is 2.33. The summed E-state index contributed by atoms with van der Waals surface area (Å²) in [5.41, 5.74) is 1.24. The van der Waals surface area contributed by atoms with Crippen LogP contribution in [0.3, 0.4) is 0 Å². The fourth-order valence-electron chi connectivity index (χ4n) is 3.68. The molecule has 0 saturated carbocycles. The van der Waals surface area contributed by atoms with Gasteiger partial charge in [-0.1, -0.05) is 6.07 Å². The molecule has 2 aromatic heterocycles. The number of aromatic nitrogens is 2. The Morgan fingerprint density at radius 1 is 1.25 bits per heavy atom. The van der Waals surface area contributed by atoms with E-state index in [1.165, 1.54) is 6.07 Å². The molecule has 1 saturated heterocycles. The summed E-state index contributed by atoms with van der Waals surface area (Å²) in [7, 11) is 1.59. The van der Waals surface area contributed by atoms with Gasteiger partial charge in [0.25, 0.3) is 0 Å². The maximum absolute atomic E-state index is 13.0. The number of methoxy groups -OCH3 is 1. The van der Waals surface area contributed by atoms with Gasteiger partial charge in [0.2, 0.25) is 5.88 Å². The van der Waals surface area contributed by atoms with Gasteiger partial charge in [-0.25, -0.2) is 9.97 Å². The molecular formula is C20H26F3N3OS. The number of nitrogens with zero attached hydrogens (tertiary/aromatic N) is 3. The second kappa shape index (κ2) is 9.13. The van der Waals surface area contributed by atoms with Gasteiger partial charge in [-0.3, -0.25) is 4.90 Å². The minimum atomic E-state index is -4.41. The van der Waals surface area contributed by atoms with E-state index in [-0.39, 0.29) is 19.5 Å². The lowest BCUT2D eigenvalue weighted by atomic mass is 9.98. The zero-order valence-corrected chi connectivity index (χ0v) is 17.3. The molecule has 4 nitrogen and oxygen atoms in total. The number of rotatable bonds is 5. The van der Waals surface area contributed by atoms with Gasteiger partial charge in [-0.2, -0.15) is 26.7 Å². The topological polar surface area (TPSA) is 38.2 Å². The third kappa shape index (κ3) is 5.38. The quantitative estimate of drug-likeness (QED) is 0.721. The number of alkyl halides is 3. The Balaban J connectivity index is 0.00000280. The summed E-state index contributed by atoms with van der Waals surface area (Å²) in [6.07, 6.45) is -2.83. The molecule has 28 heavy (non-hydrogen) atoms. The molecule has 0 aliphatic carbocycles. The van der Waals surface area contributed by atoms with Crippen LogP contribution < -0.4 is 4.74 Å². The van der Waals surface area contributed by atoms with Crippen LogP contribution in [0.15, 0.2) is 30.3 Å². The van der Waals surface area contributed by atoms with Crippen LogP contribution in [0.25, 0.3) is 0 Å². The van der Waals surface area contributed by atoms with Crippen molar-refractivity contribution in [1.82, 2.24) is 14.9 Å². The molecule has 2 aromatic rings. The van der Waals surface area contributed by atoms with Gasteiger partial charge in [-0.15, -0.1) is 0 Å². The van der Waals surface area contributed by atoms with Crippen molar-refractivity contribution in [2.45, 2.75) is 38.9 Å². The molecule has 3 heterocycles. The molecule has 1 aliphatic rings. The Kier molecular flexibility index (Phi) is 7.33. The second-order valence-corrected chi connectivity index (χ2v) is 7.13. The first-order valence-electron chi connectivity index (χ1n) is 9.06. The molecule has 0 bridgehead atoms. The van der Waals surface area contributed by atoms with Gasteiger partial charge in [0.1, 0.15) is 5.69 Å². The van der Waals surface area contributed by atoms with Crippen LogP contribution in [0, 0.1) is 12.8 Å². The van der Waals surface area contributed by atoms with Crippen LogP contribution in [0.4, 0.5) is 13.2 Å². The van der Waals surface area contributed by atoms with E-state index in [1.54, 1.807) is 20.1 Å². The van der Waals surface area contributed by atoms with Crippen molar-refractivity contribution in [2.24, 2.45) is 5.92 Å². The lowest BCUT2D eigenvalue weighted by Gasteiger charge is -2.24. The third-order valence-corrected chi connectivity index (χ3v) is 5.08. The largest absolute Gasteiger partial charge is 0.481 e. The van der Waals surface area contributed by atoms with Crippen LogP contribution >= 0.6 is 13.5 Å². The highest BCUT2D eigenvalue weighted by Crippen LogP contribution is 2.32. The molecular weight excluding hydrogens is 387 g/mol. The zero-order valence-electron chi connectivity index (χ0n) is 16.3. The Morgan fingerprint density at radius 2 is 2.00 bits per heavy atom. The first-order chi connectivity index (χ1) is 12.8. The molecule has 0 spiro atoms. The van der Waals surface area contributed by atoms with E-state index < -0.39 is 11.9 Å². The predicted molar refractivity (Wildman–Crippen MR) is 107 cm³/mol. The lowest BCUT2D eigenvalue weighted by Crippen LogP contribution is -2.25. The van der Waals surface area contributed by atoms with E-state index in [9.17, 15) is 13.2 Å². The molecule has 0 amide bonds. The average molecular weight is 414 g/mol. The minimum Gasteiger partial charge on any atom is -0.481 e. The number of pyridine rings is 2. The standard InChI is InChI=1S/C20H24F3N3O.H2S/c1-13-9-16(11-18(24-13)20(21,22)23)10-15-7-8-26(12-15)14(2)17-5-4-6-19(25-17)27-3;/h4-6,9,11,14-15H,7-8,10,12H2,1-3H3;1H2/t14?,15-;/m1./s1. The molecule has 0 aromatic carbocycles. The van der Waals surface area contributed by atoms with Crippen molar-refractivity contribution >= 4 is 13.5 Å². The highest BCUT2D eigenvalue weighted by molar-refractivity contribution is 7.59. The second-order valence-electron chi connectivity index (χ2n) is 7.13. The van der Waals surface area contributed by atoms with Crippen molar-refractivity contribution in [3.63, 3.8) is 0 Å². The van der Waals surface area contributed by atoms with Gasteiger partial charge in [0, 0.05) is 24.3 Å². The summed E-state index contributed by atoms with van der Waals surface area (Å²) in [5.74, 6) is 0.906. The van der Waals surface area contributed by atoms with Gasteiger partial charge in [-0.05, 0) is 62.9 Å². The molecule has 1 aliphatic heterocycles. The Labute approximate surface area is 170 Å². The summed E-state index contributed by atoms with van der Waals surface area (Å²) in [5, 5.41) is 0. The number of likely N-dealkylation sites (tertiary alicyclic amines) is 1. The van der Waals surface area contributed by atoms with E-state index in [2.05, 4.69) is 21.8 Å². The van der Waals surface area contributed by atoms with Crippen LogP contribution in [-0.2, 0) is 12.6 Å². The van der Waals surface area contributed by atoms with Gasteiger partial charge in [0.05, 0.1) is 12.8 Å². The van der Waals surface area contributed by atoms with Gasteiger partial charge >= 0.3 is 6.18 Å². The molecule has 3 rings (SSSR count). The summed E-state index contributed by atoms with van der Waals surface area (Å²) < 4.78 is 44.2. The number of ether oxygens (including phenoxy) is 1. The molecule has 1 fully saturated rings. The average Bonchev–Trinajstić information content (AvgIpc) is 3.08. The van der Waals surface area contributed by atoms with E-state index in [4.69, 9.17) is 4.74 Å². The zero-order chi connectivity index (χ0) is 19.6. The summed E-state index contributed by atoms with van der Waals surface area (Å²) in [6, 6.07) is 8.78. The summed E-state index contributed by atoms with van der Waals surface area (Å²) in [6.45, 7) is 5.45. The number of aryl methyl sites for hydroxylation is 1. The number of halogens is 3. The van der Waals surface area contributed by atoms with Crippen molar-refractivity contribution < 1.29 is 17.9 Å². The van der Waals surface area contributed by atoms with Crippen LogP contribution in [0.2, 0.25) is 0 Å². The Hall–Kier alpha value is -1.80. The minimum absolute atomic E-state index is 0. The van der Waals surface area contributed by atoms with E-state index in [1.807, 2.05) is 18.2 Å². The molecule has 2 atom stereocenters. The molecule has 154 valence electrons. The van der Waals surface area contributed by atoms with Gasteiger partial charge < -0.3 is 4.74 Å². The first kappa shape index (κ1) is 22.5. The molecule has 8 heteroatoms. The van der Waals surface area contributed by atoms with Crippen molar-refractivity contribution in [3.8, 4) is 5.88 Å². The van der Waals surface area contributed by atoms with Gasteiger partial charge in [0.15, 0.2) is 0 Å². The Morgan fingerprint density at radius 3 is 2.68 bits per heavy atom. The molecule has 0 N–H and O–H groups in total. The van der Waals surface area contributed by atoms with Crippen LogP contribution in [-0.4, -0.2) is 35.1 Å². The summed E-state index contributed by atoms with van der Waals surface area (Å²) >= 11 is 0. The first-order valence-corrected chi connectivity index (χ1v) is 9.06. The third-order valence-electron chi connectivity index (χ3n) is 5.08. The lowest BCUT2D eigenvalue weighted by molar-refractivity contribution is -0.141. The number of hydrogen-bond acceptors (Lipinski definition) is 4. The van der Waals surface area contributed by atoms with Crippen LogP contribution in [0.1, 0.15) is 42.0 Å². The van der Waals surface area contributed by atoms with E-state index in [0.717, 1.165) is 25.2 Å². The monoisotopic (exact) mass is 413 g/mol. The number of hydrogen-bond donors (Lipinski definition) is 0. The molecule has 0 radical (unpaired) electrons. The van der Waals surface area contributed by atoms with Crippen molar-refractivity contribution in [3.05, 3.63) is 53.0 Å². The maximum Gasteiger partial charge on any atom is 0.433 e. The SMILES string of the molecule is COc1cccc(C(C)N2CC[C@H](Cc3cc(C)nc(C(F)(F)F)c3)C2)n1.S. The Bertz CT molecular complexity index is 801. The van der Waals surface area contributed by atoms with Crippen molar-refractivity contribution in [2.75, 3.05) is 20.2 Å². The van der Waals surface area contributed by atoms with E-state index >= 15 is 0 Å². The molecule has 1 unspecified atom stereocenters. The smallest absolute Gasteiger partial charge is 0.433 e. The van der Waals surface area contributed by atoms with Crippen LogP contribution in [0.5, 0.6) is 5.88 Å². The van der Waals surface area contributed by atoms with E-state index in [0.29, 0.717) is 29.5 Å². The maximum atomic E-state index is 13.0. The fourth-order valence-corrected chi connectivity index (χ4v) is 3.68. The highest BCUT2D eigenvalue weighted by atomic mass is 32.1.